The fourth-order valence-electron chi connectivity index (χ4n) is 0. The SMILES string of the molecule is CO.CO.CO.CO.[Ta]. The number of rotatable bonds is 0. The van der Waals surface area contributed by atoms with E-state index in [9.17, 15) is 0 Å². The molecule has 0 amide bonds. The normalized spacial score (nSPS) is 2.67. The number of hydrogen-bond donors (Lipinski definition) is 4. The van der Waals surface area contributed by atoms with Crippen molar-refractivity contribution < 1.29 is 42.8 Å². The van der Waals surface area contributed by atoms with Crippen molar-refractivity contribution in [2.24, 2.45) is 0 Å². The van der Waals surface area contributed by atoms with Crippen molar-refractivity contribution in [2.45, 2.75) is 0 Å². The topological polar surface area (TPSA) is 80.9 Å². The van der Waals surface area contributed by atoms with E-state index in [0.717, 1.165) is 28.4 Å². The van der Waals surface area contributed by atoms with Crippen LogP contribution in [0.25, 0.3) is 0 Å². The second kappa shape index (κ2) is 1460. The van der Waals surface area contributed by atoms with Crippen LogP contribution in [-0.2, 0) is 22.4 Å². The van der Waals surface area contributed by atoms with Gasteiger partial charge in [0.05, 0.1) is 0 Å². The Kier molecular flexibility index (Phi) is 5470. The number of aliphatic hydroxyl groups excluding tert-OH is 4. The van der Waals surface area contributed by atoms with Gasteiger partial charge in [-0.3, -0.25) is 0 Å². The molecular weight excluding hydrogens is 293 g/mol. The summed E-state index contributed by atoms with van der Waals surface area (Å²) in [5.74, 6) is 0. The van der Waals surface area contributed by atoms with Crippen LogP contribution >= 0.6 is 0 Å². The molecule has 0 aromatic rings. The smallest absolute Gasteiger partial charge is 0.0319 e. The molecule has 0 aromatic carbocycles. The van der Waals surface area contributed by atoms with Crippen LogP contribution in [0.3, 0.4) is 0 Å². The van der Waals surface area contributed by atoms with Crippen LogP contribution in [0.2, 0.25) is 0 Å². The first-order valence-corrected chi connectivity index (χ1v) is 1.79. The summed E-state index contributed by atoms with van der Waals surface area (Å²) in [7, 11) is 4.00. The minimum absolute atomic E-state index is 0. The maximum Gasteiger partial charge on any atom is 0.0319 e. The van der Waals surface area contributed by atoms with Gasteiger partial charge in [-0.05, 0) is 0 Å². The molecule has 0 fully saturated rings. The van der Waals surface area contributed by atoms with E-state index in [-0.39, 0.29) is 22.4 Å². The third kappa shape index (κ3) is 1100. The molecule has 61 valence electrons. The van der Waals surface area contributed by atoms with Crippen LogP contribution in [-0.4, -0.2) is 48.9 Å². The Hall–Kier alpha value is 0.580. The van der Waals surface area contributed by atoms with E-state index < -0.39 is 0 Å². The van der Waals surface area contributed by atoms with E-state index in [2.05, 4.69) is 0 Å². The zero-order chi connectivity index (χ0) is 8.00. The molecule has 0 saturated carbocycles. The van der Waals surface area contributed by atoms with Gasteiger partial charge in [-0.25, -0.2) is 0 Å². The van der Waals surface area contributed by atoms with Crippen LogP contribution in [0.15, 0.2) is 0 Å². The molecule has 0 bridgehead atoms. The Morgan fingerprint density at radius 1 is 0.444 bits per heavy atom. The van der Waals surface area contributed by atoms with Gasteiger partial charge < -0.3 is 20.4 Å². The van der Waals surface area contributed by atoms with Crippen LogP contribution in [0.5, 0.6) is 0 Å². The van der Waals surface area contributed by atoms with E-state index in [4.69, 9.17) is 20.4 Å². The molecule has 1 radical (unpaired) electrons. The largest absolute Gasteiger partial charge is 0.400 e. The third-order valence-electron chi connectivity index (χ3n) is 0. The molecule has 4 nitrogen and oxygen atoms in total. The maximum atomic E-state index is 7.00. The maximum absolute atomic E-state index is 7.00. The van der Waals surface area contributed by atoms with Crippen molar-refractivity contribution in [1.29, 1.82) is 0 Å². The minimum atomic E-state index is 0. The quantitative estimate of drug-likeness (QED) is 0.436. The Morgan fingerprint density at radius 3 is 0.444 bits per heavy atom. The molecule has 0 atom stereocenters. The zero-order valence-corrected chi connectivity index (χ0v) is 9.45. The molecule has 0 aliphatic carbocycles. The summed E-state index contributed by atoms with van der Waals surface area (Å²) < 4.78 is 0. The standard InChI is InChI=1S/4CH4O.Ta/c4*1-2;/h4*2H,1H3;. The van der Waals surface area contributed by atoms with E-state index in [1.165, 1.54) is 0 Å². The molecule has 0 unspecified atom stereocenters. The first kappa shape index (κ1) is 33.6. The molecule has 0 aliphatic rings. The summed E-state index contributed by atoms with van der Waals surface area (Å²) >= 11 is 0. The summed E-state index contributed by atoms with van der Waals surface area (Å²) in [6.07, 6.45) is 0. The fourth-order valence-corrected chi connectivity index (χ4v) is 0. The Morgan fingerprint density at radius 2 is 0.444 bits per heavy atom. The molecule has 4 N–H and O–H groups in total. The van der Waals surface area contributed by atoms with E-state index >= 15 is 0 Å². The Bertz CT molecular complexity index is 12.5. The first-order valence-electron chi connectivity index (χ1n) is 1.79. The van der Waals surface area contributed by atoms with Gasteiger partial charge in [0, 0.05) is 50.8 Å². The molecule has 0 aromatic heterocycles. The molecule has 0 rings (SSSR count). The molecular formula is C4H16O4Ta. The van der Waals surface area contributed by atoms with Gasteiger partial charge in [0.1, 0.15) is 0 Å². The average molecular weight is 309 g/mol. The van der Waals surface area contributed by atoms with E-state index in [1.807, 2.05) is 0 Å². The summed E-state index contributed by atoms with van der Waals surface area (Å²) in [5.41, 5.74) is 0. The summed E-state index contributed by atoms with van der Waals surface area (Å²) in [6.45, 7) is 0. The third-order valence-corrected chi connectivity index (χ3v) is 0. The van der Waals surface area contributed by atoms with Crippen LogP contribution < -0.4 is 0 Å². The van der Waals surface area contributed by atoms with Gasteiger partial charge in [-0.2, -0.15) is 0 Å². The van der Waals surface area contributed by atoms with Crippen molar-refractivity contribution in [2.75, 3.05) is 28.4 Å². The second-order valence-electron chi connectivity index (χ2n) is 0. The first-order chi connectivity index (χ1) is 4.00. The molecule has 9 heavy (non-hydrogen) atoms. The van der Waals surface area contributed by atoms with E-state index in [1.54, 1.807) is 0 Å². The molecule has 0 aliphatic heterocycles. The van der Waals surface area contributed by atoms with Gasteiger partial charge in [0.2, 0.25) is 0 Å². The summed E-state index contributed by atoms with van der Waals surface area (Å²) in [4.78, 5) is 0. The summed E-state index contributed by atoms with van der Waals surface area (Å²) in [5, 5.41) is 28.0. The Balaban J connectivity index is -0.00000000762. The zero-order valence-electron chi connectivity index (χ0n) is 6.24. The van der Waals surface area contributed by atoms with Gasteiger partial charge in [-0.1, -0.05) is 0 Å². The average Bonchev–Trinajstić information content (AvgIpc) is 2.03. The predicted molar refractivity (Wildman–Crippen MR) is 32.6 cm³/mol. The van der Waals surface area contributed by atoms with Crippen molar-refractivity contribution in [3.8, 4) is 0 Å². The van der Waals surface area contributed by atoms with Crippen LogP contribution in [0, 0.1) is 0 Å². The van der Waals surface area contributed by atoms with Crippen LogP contribution in [0.1, 0.15) is 0 Å². The van der Waals surface area contributed by atoms with Gasteiger partial charge in [0.25, 0.3) is 0 Å². The molecule has 5 heteroatoms. The Labute approximate surface area is 71.7 Å². The van der Waals surface area contributed by atoms with Gasteiger partial charge in [0.15, 0.2) is 0 Å². The van der Waals surface area contributed by atoms with Gasteiger partial charge >= 0.3 is 0 Å². The van der Waals surface area contributed by atoms with Gasteiger partial charge in [-0.15, -0.1) is 0 Å². The van der Waals surface area contributed by atoms with Crippen LogP contribution in [0.4, 0.5) is 0 Å². The predicted octanol–water partition coefficient (Wildman–Crippen LogP) is -1.57. The van der Waals surface area contributed by atoms with Crippen molar-refractivity contribution in [1.82, 2.24) is 0 Å². The molecule has 0 saturated heterocycles. The minimum Gasteiger partial charge on any atom is -0.400 e. The summed E-state index contributed by atoms with van der Waals surface area (Å²) in [6, 6.07) is 0. The molecule has 0 heterocycles. The van der Waals surface area contributed by atoms with Crippen molar-refractivity contribution in [3.63, 3.8) is 0 Å². The monoisotopic (exact) mass is 309 g/mol. The molecule has 0 spiro atoms. The fraction of sp³-hybridized carbons (Fsp3) is 1.00. The second-order valence-corrected chi connectivity index (χ2v) is 0. The van der Waals surface area contributed by atoms with Crippen molar-refractivity contribution >= 4 is 0 Å². The number of aliphatic hydroxyl groups is 4. The van der Waals surface area contributed by atoms with E-state index in [0.29, 0.717) is 0 Å². The van der Waals surface area contributed by atoms with Crippen molar-refractivity contribution in [3.05, 3.63) is 0 Å². The number of hydrogen-bond acceptors (Lipinski definition) is 4.